The summed E-state index contributed by atoms with van der Waals surface area (Å²) in [6.07, 6.45) is 3.69. The highest BCUT2D eigenvalue weighted by molar-refractivity contribution is 5.45. The number of hydrogen-bond donors (Lipinski definition) is 0. The van der Waals surface area contributed by atoms with Crippen LogP contribution in [0.2, 0.25) is 0 Å². The number of ether oxygens (including phenoxy) is 1. The molecule has 0 aliphatic heterocycles. The fourth-order valence-corrected chi connectivity index (χ4v) is 1.12. The Labute approximate surface area is 91.1 Å². The van der Waals surface area contributed by atoms with E-state index >= 15 is 0 Å². The van der Waals surface area contributed by atoms with Crippen LogP contribution in [0.3, 0.4) is 0 Å². The van der Waals surface area contributed by atoms with Crippen molar-refractivity contribution in [3.8, 4) is 24.0 Å². The number of nitrogens with zero attached hydrogens (tertiary/aromatic N) is 3. The third-order valence-corrected chi connectivity index (χ3v) is 1.74. The highest BCUT2D eigenvalue weighted by atomic mass is 16.6. The predicted molar refractivity (Wildman–Crippen MR) is 51.3 cm³/mol. The summed E-state index contributed by atoms with van der Waals surface area (Å²) in [4.78, 5) is 3.71. The molecular weight excluding hydrogens is 206 g/mol. The average Bonchev–Trinajstić information content (AvgIpc) is 2.81. The van der Waals surface area contributed by atoms with Crippen LogP contribution in [0.5, 0.6) is 11.8 Å². The quantitative estimate of drug-likeness (QED) is 0.756. The molecule has 5 nitrogen and oxygen atoms in total. The molecule has 0 unspecified atom stereocenters. The lowest BCUT2D eigenvalue weighted by Crippen LogP contribution is -1.87. The van der Waals surface area contributed by atoms with E-state index in [0.29, 0.717) is 16.9 Å². The Bertz CT molecular complexity index is 544. The summed E-state index contributed by atoms with van der Waals surface area (Å²) in [5, 5.41) is 17.5. The number of nitriles is 2. The number of benzene rings is 1. The molecule has 2 aromatic rings. The van der Waals surface area contributed by atoms with Crippen LogP contribution in [0.4, 0.5) is 0 Å². The average molecular weight is 210 g/mol. The summed E-state index contributed by atoms with van der Waals surface area (Å²) in [5.41, 5.74) is 0.675. The predicted octanol–water partition coefficient (Wildman–Crippen LogP) is 2.01. The van der Waals surface area contributed by atoms with Crippen molar-refractivity contribution in [2.24, 2.45) is 0 Å². The van der Waals surface area contributed by atoms with E-state index in [-0.39, 0.29) is 6.08 Å². The zero-order valence-corrected chi connectivity index (χ0v) is 7.97. The van der Waals surface area contributed by atoms with Gasteiger partial charge in [0, 0.05) is 0 Å². The van der Waals surface area contributed by atoms with E-state index in [4.69, 9.17) is 19.7 Å². The van der Waals surface area contributed by atoms with Gasteiger partial charge in [-0.05, 0) is 18.2 Å². The first kappa shape index (κ1) is 9.75. The van der Waals surface area contributed by atoms with Crippen molar-refractivity contribution in [1.29, 1.82) is 10.5 Å². The topological polar surface area (TPSA) is 82.8 Å². The Balaban J connectivity index is 2.35. The molecule has 0 saturated heterocycles. The maximum absolute atomic E-state index is 8.75. The standard InChI is InChI=1S/C11H4N3O2/c12-6-8-3-9(7-13)5-10(4-8)16-11-14-1-2-15-11/h1,3-5H. The highest BCUT2D eigenvalue weighted by Crippen LogP contribution is 2.22. The van der Waals surface area contributed by atoms with Crippen LogP contribution in [-0.2, 0) is 0 Å². The van der Waals surface area contributed by atoms with Crippen molar-refractivity contribution in [3.63, 3.8) is 0 Å². The Morgan fingerprint density at radius 3 is 2.38 bits per heavy atom. The van der Waals surface area contributed by atoms with Gasteiger partial charge in [0.25, 0.3) is 0 Å². The number of rotatable bonds is 2. The minimum atomic E-state index is 0.0129. The van der Waals surface area contributed by atoms with Gasteiger partial charge < -0.3 is 9.15 Å². The summed E-state index contributed by atoms with van der Waals surface area (Å²) in [5.74, 6) is 0.325. The molecule has 2 rings (SSSR count). The Morgan fingerprint density at radius 2 is 1.88 bits per heavy atom. The molecule has 1 radical (unpaired) electrons. The molecule has 0 aliphatic rings. The normalized spacial score (nSPS) is 9.12. The summed E-state index contributed by atoms with van der Waals surface area (Å²) >= 11 is 0. The van der Waals surface area contributed by atoms with Crippen LogP contribution in [0, 0.1) is 28.9 Å². The van der Waals surface area contributed by atoms with Gasteiger partial charge in [-0.3, -0.25) is 0 Å². The fraction of sp³-hybridized carbons (Fsp3) is 0. The molecule has 0 amide bonds. The molecule has 0 bridgehead atoms. The maximum Gasteiger partial charge on any atom is 0.399 e. The third kappa shape index (κ3) is 1.99. The zero-order valence-electron chi connectivity index (χ0n) is 7.97. The molecule has 1 heterocycles. The second kappa shape index (κ2) is 4.16. The smallest absolute Gasteiger partial charge is 0.399 e. The van der Waals surface area contributed by atoms with E-state index in [1.807, 2.05) is 12.1 Å². The minimum Gasteiger partial charge on any atom is -0.411 e. The third-order valence-electron chi connectivity index (χ3n) is 1.74. The van der Waals surface area contributed by atoms with Gasteiger partial charge in [0.05, 0.1) is 29.5 Å². The Morgan fingerprint density at radius 1 is 1.19 bits per heavy atom. The molecule has 0 N–H and O–H groups in total. The van der Waals surface area contributed by atoms with Crippen molar-refractivity contribution in [2.45, 2.75) is 0 Å². The van der Waals surface area contributed by atoms with Crippen LogP contribution in [0.1, 0.15) is 11.1 Å². The maximum atomic E-state index is 8.75. The molecule has 0 aliphatic carbocycles. The Hall–Kier alpha value is -2.79. The first-order valence-corrected chi connectivity index (χ1v) is 4.27. The van der Waals surface area contributed by atoms with Crippen LogP contribution in [0.15, 0.2) is 28.8 Å². The lowest BCUT2D eigenvalue weighted by Gasteiger charge is -2.01. The van der Waals surface area contributed by atoms with Crippen molar-refractivity contribution < 1.29 is 9.15 Å². The van der Waals surface area contributed by atoms with Crippen LogP contribution in [-0.4, -0.2) is 4.98 Å². The van der Waals surface area contributed by atoms with Gasteiger partial charge in [-0.15, -0.1) is 0 Å². The van der Waals surface area contributed by atoms with Crippen LogP contribution in [0.25, 0.3) is 0 Å². The van der Waals surface area contributed by atoms with Gasteiger partial charge in [0.15, 0.2) is 6.26 Å². The number of aromatic nitrogens is 1. The molecule has 1 aromatic heterocycles. The summed E-state index contributed by atoms with van der Waals surface area (Å²) in [7, 11) is 0. The summed E-state index contributed by atoms with van der Waals surface area (Å²) in [6.45, 7) is 0. The monoisotopic (exact) mass is 210 g/mol. The van der Waals surface area contributed by atoms with Crippen molar-refractivity contribution in [1.82, 2.24) is 4.98 Å². The molecule has 16 heavy (non-hydrogen) atoms. The van der Waals surface area contributed by atoms with E-state index in [1.54, 1.807) is 0 Å². The van der Waals surface area contributed by atoms with Gasteiger partial charge in [-0.2, -0.15) is 15.5 Å². The zero-order chi connectivity index (χ0) is 11.4. The minimum absolute atomic E-state index is 0.0129. The van der Waals surface area contributed by atoms with Crippen molar-refractivity contribution >= 4 is 0 Å². The van der Waals surface area contributed by atoms with Gasteiger partial charge in [0.2, 0.25) is 0 Å². The van der Waals surface area contributed by atoms with Crippen molar-refractivity contribution in [3.05, 3.63) is 41.8 Å². The second-order valence-corrected chi connectivity index (χ2v) is 2.82. The van der Waals surface area contributed by atoms with E-state index < -0.39 is 0 Å². The SMILES string of the molecule is N#Cc1cc(C#N)cc(Oc2nc[c]o2)c1. The van der Waals surface area contributed by atoms with Gasteiger partial charge in [-0.1, -0.05) is 0 Å². The lowest BCUT2D eigenvalue weighted by molar-refractivity contribution is 0.328. The molecule has 75 valence electrons. The first-order valence-electron chi connectivity index (χ1n) is 4.27. The fourth-order valence-electron chi connectivity index (χ4n) is 1.12. The van der Waals surface area contributed by atoms with Gasteiger partial charge in [-0.25, -0.2) is 0 Å². The van der Waals surface area contributed by atoms with E-state index in [0.717, 1.165) is 0 Å². The molecule has 0 fully saturated rings. The molecule has 1 aromatic carbocycles. The van der Waals surface area contributed by atoms with Crippen LogP contribution >= 0.6 is 0 Å². The van der Waals surface area contributed by atoms with Crippen molar-refractivity contribution in [2.75, 3.05) is 0 Å². The van der Waals surface area contributed by atoms with E-state index in [1.165, 1.54) is 24.4 Å². The number of oxazole rings is 1. The lowest BCUT2D eigenvalue weighted by atomic mass is 10.1. The van der Waals surface area contributed by atoms with E-state index in [2.05, 4.69) is 11.2 Å². The first-order chi connectivity index (χ1) is 7.81. The second-order valence-electron chi connectivity index (χ2n) is 2.82. The summed E-state index contributed by atoms with van der Waals surface area (Å²) in [6, 6.07) is 8.31. The Kier molecular flexibility index (Phi) is 2.53. The molecular formula is C11H4N3O2. The van der Waals surface area contributed by atoms with E-state index in [9.17, 15) is 0 Å². The van der Waals surface area contributed by atoms with Crippen LogP contribution < -0.4 is 4.74 Å². The molecule has 0 spiro atoms. The molecule has 5 heteroatoms. The highest BCUT2D eigenvalue weighted by Gasteiger charge is 2.05. The van der Waals surface area contributed by atoms with Gasteiger partial charge in [0.1, 0.15) is 5.75 Å². The van der Waals surface area contributed by atoms with Gasteiger partial charge >= 0.3 is 6.08 Å². The largest absolute Gasteiger partial charge is 0.411 e. The number of hydrogen-bond acceptors (Lipinski definition) is 5. The summed E-state index contributed by atoms with van der Waals surface area (Å²) < 4.78 is 9.95. The molecule has 0 atom stereocenters. The molecule has 0 saturated carbocycles.